The van der Waals surface area contributed by atoms with E-state index in [0.29, 0.717) is 6.54 Å². The van der Waals surface area contributed by atoms with E-state index < -0.39 is 0 Å². The van der Waals surface area contributed by atoms with Crippen molar-refractivity contribution in [2.45, 2.75) is 25.9 Å². The van der Waals surface area contributed by atoms with E-state index in [2.05, 4.69) is 5.32 Å². The van der Waals surface area contributed by atoms with Crippen LogP contribution >= 0.6 is 0 Å². The zero-order valence-electron chi connectivity index (χ0n) is 11.5. The van der Waals surface area contributed by atoms with Gasteiger partial charge in [0.1, 0.15) is 6.61 Å². The predicted molar refractivity (Wildman–Crippen MR) is 76.3 cm³/mol. The van der Waals surface area contributed by atoms with Crippen LogP contribution in [0.2, 0.25) is 0 Å². The number of anilines is 1. The Morgan fingerprint density at radius 3 is 2.63 bits per heavy atom. The summed E-state index contributed by atoms with van der Waals surface area (Å²) in [5.41, 5.74) is 0.934. The Morgan fingerprint density at radius 1 is 1.32 bits per heavy atom. The fraction of sp³-hybridized carbons (Fsp3) is 0.533. The SMILES string of the molecule is CCN(C(=O)COC1CCNCC1)c1ccccc1. The van der Waals surface area contributed by atoms with Crippen LogP contribution < -0.4 is 10.2 Å². The lowest BCUT2D eigenvalue weighted by molar-refractivity contribution is -0.125. The molecule has 1 aromatic carbocycles. The molecule has 1 saturated heterocycles. The summed E-state index contributed by atoms with van der Waals surface area (Å²) in [4.78, 5) is 14.0. The number of nitrogens with one attached hydrogen (secondary N) is 1. The van der Waals surface area contributed by atoms with Crippen molar-refractivity contribution in [3.8, 4) is 0 Å². The summed E-state index contributed by atoms with van der Waals surface area (Å²) >= 11 is 0. The molecule has 1 N–H and O–H groups in total. The van der Waals surface area contributed by atoms with Crippen molar-refractivity contribution in [2.75, 3.05) is 31.1 Å². The number of rotatable bonds is 5. The summed E-state index contributed by atoms with van der Waals surface area (Å²) in [6, 6.07) is 9.74. The summed E-state index contributed by atoms with van der Waals surface area (Å²) in [5.74, 6) is 0.0345. The number of hydrogen-bond acceptors (Lipinski definition) is 3. The molecule has 0 bridgehead atoms. The highest BCUT2D eigenvalue weighted by Crippen LogP contribution is 2.14. The number of likely N-dealkylation sites (N-methyl/N-ethyl adjacent to an activating group) is 1. The molecule has 1 aromatic rings. The van der Waals surface area contributed by atoms with Gasteiger partial charge in [-0.1, -0.05) is 18.2 Å². The van der Waals surface area contributed by atoms with E-state index in [0.717, 1.165) is 31.6 Å². The van der Waals surface area contributed by atoms with Crippen molar-refractivity contribution in [2.24, 2.45) is 0 Å². The number of amides is 1. The molecule has 0 unspecified atom stereocenters. The van der Waals surface area contributed by atoms with E-state index >= 15 is 0 Å². The summed E-state index contributed by atoms with van der Waals surface area (Å²) in [6.45, 7) is 4.78. The Hall–Kier alpha value is -1.39. The van der Waals surface area contributed by atoms with Gasteiger partial charge < -0.3 is 15.0 Å². The molecule has 19 heavy (non-hydrogen) atoms. The smallest absolute Gasteiger partial charge is 0.252 e. The number of benzene rings is 1. The minimum absolute atomic E-state index is 0.0345. The fourth-order valence-electron chi connectivity index (χ4n) is 2.34. The molecule has 4 nitrogen and oxygen atoms in total. The normalized spacial score (nSPS) is 16.3. The maximum Gasteiger partial charge on any atom is 0.252 e. The minimum atomic E-state index is 0.0345. The van der Waals surface area contributed by atoms with Crippen molar-refractivity contribution in [1.29, 1.82) is 0 Å². The van der Waals surface area contributed by atoms with Crippen LogP contribution in [-0.2, 0) is 9.53 Å². The van der Waals surface area contributed by atoms with Crippen LogP contribution in [0.3, 0.4) is 0 Å². The third-order valence-corrected chi connectivity index (χ3v) is 3.41. The van der Waals surface area contributed by atoms with Crippen molar-refractivity contribution in [1.82, 2.24) is 5.32 Å². The lowest BCUT2D eigenvalue weighted by Gasteiger charge is -2.25. The fourth-order valence-corrected chi connectivity index (χ4v) is 2.34. The zero-order valence-corrected chi connectivity index (χ0v) is 11.5. The van der Waals surface area contributed by atoms with Gasteiger partial charge in [-0.3, -0.25) is 4.79 Å². The van der Waals surface area contributed by atoms with Gasteiger partial charge in [-0.2, -0.15) is 0 Å². The van der Waals surface area contributed by atoms with Gasteiger partial charge in [0.15, 0.2) is 0 Å². The molecule has 0 aliphatic carbocycles. The standard InChI is InChI=1S/C15H22N2O2/c1-2-17(13-6-4-3-5-7-13)15(18)12-19-14-8-10-16-11-9-14/h3-7,14,16H,2,8-12H2,1H3. The number of ether oxygens (including phenoxy) is 1. The van der Waals surface area contributed by atoms with E-state index in [-0.39, 0.29) is 18.6 Å². The van der Waals surface area contributed by atoms with Crippen LogP contribution in [0.4, 0.5) is 5.69 Å². The highest BCUT2D eigenvalue weighted by molar-refractivity contribution is 5.94. The second-order valence-corrected chi connectivity index (χ2v) is 4.73. The Kier molecular flexibility index (Phi) is 5.36. The number of para-hydroxylation sites is 1. The van der Waals surface area contributed by atoms with E-state index in [4.69, 9.17) is 4.74 Å². The molecule has 1 fully saturated rings. The number of nitrogens with zero attached hydrogens (tertiary/aromatic N) is 1. The summed E-state index contributed by atoms with van der Waals surface area (Å²) < 4.78 is 5.72. The summed E-state index contributed by atoms with van der Waals surface area (Å²) in [5, 5.41) is 3.29. The maximum absolute atomic E-state index is 12.2. The first-order valence-corrected chi connectivity index (χ1v) is 6.99. The summed E-state index contributed by atoms with van der Waals surface area (Å²) in [6.07, 6.45) is 2.20. The number of hydrogen-bond donors (Lipinski definition) is 1. The average Bonchev–Trinajstić information content (AvgIpc) is 2.48. The zero-order chi connectivity index (χ0) is 13.5. The second-order valence-electron chi connectivity index (χ2n) is 4.73. The van der Waals surface area contributed by atoms with E-state index in [9.17, 15) is 4.79 Å². The van der Waals surface area contributed by atoms with Gasteiger partial charge >= 0.3 is 0 Å². The molecule has 1 aliphatic rings. The third kappa shape index (κ3) is 4.04. The number of carbonyl (C=O) groups excluding carboxylic acids is 1. The molecular weight excluding hydrogens is 240 g/mol. The Labute approximate surface area is 114 Å². The van der Waals surface area contributed by atoms with Gasteiger partial charge in [0.05, 0.1) is 6.10 Å². The van der Waals surface area contributed by atoms with Crippen molar-refractivity contribution >= 4 is 11.6 Å². The van der Waals surface area contributed by atoms with Gasteiger partial charge in [0.25, 0.3) is 5.91 Å². The van der Waals surface area contributed by atoms with Crippen LogP contribution in [0.1, 0.15) is 19.8 Å². The van der Waals surface area contributed by atoms with Gasteiger partial charge in [0, 0.05) is 12.2 Å². The van der Waals surface area contributed by atoms with E-state index in [1.807, 2.05) is 37.3 Å². The largest absolute Gasteiger partial charge is 0.368 e. The number of piperidine rings is 1. The van der Waals surface area contributed by atoms with Crippen LogP contribution in [0.25, 0.3) is 0 Å². The van der Waals surface area contributed by atoms with Crippen molar-refractivity contribution in [3.63, 3.8) is 0 Å². The average molecular weight is 262 g/mol. The molecule has 2 rings (SSSR count). The van der Waals surface area contributed by atoms with Crippen LogP contribution in [0.5, 0.6) is 0 Å². The van der Waals surface area contributed by atoms with Crippen LogP contribution in [-0.4, -0.2) is 38.3 Å². The molecule has 0 atom stereocenters. The van der Waals surface area contributed by atoms with Gasteiger partial charge in [-0.15, -0.1) is 0 Å². The van der Waals surface area contributed by atoms with Crippen molar-refractivity contribution in [3.05, 3.63) is 30.3 Å². The molecule has 0 spiro atoms. The van der Waals surface area contributed by atoms with Crippen LogP contribution in [0.15, 0.2) is 30.3 Å². The molecule has 1 amide bonds. The first-order chi connectivity index (χ1) is 9.31. The third-order valence-electron chi connectivity index (χ3n) is 3.41. The van der Waals surface area contributed by atoms with Crippen LogP contribution in [0, 0.1) is 0 Å². The van der Waals surface area contributed by atoms with Gasteiger partial charge in [-0.05, 0) is 45.0 Å². The lowest BCUT2D eigenvalue weighted by atomic mass is 10.1. The lowest BCUT2D eigenvalue weighted by Crippen LogP contribution is -2.38. The molecule has 0 saturated carbocycles. The maximum atomic E-state index is 12.2. The quantitative estimate of drug-likeness (QED) is 0.880. The molecule has 104 valence electrons. The van der Waals surface area contributed by atoms with Gasteiger partial charge in [0.2, 0.25) is 0 Å². The first-order valence-electron chi connectivity index (χ1n) is 6.99. The van der Waals surface area contributed by atoms with E-state index in [1.165, 1.54) is 0 Å². The summed E-state index contributed by atoms with van der Waals surface area (Å²) in [7, 11) is 0. The molecule has 0 aromatic heterocycles. The monoisotopic (exact) mass is 262 g/mol. The Bertz CT molecular complexity index is 388. The highest BCUT2D eigenvalue weighted by Gasteiger charge is 2.18. The van der Waals surface area contributed by atoms with Gasteiger partial charge in [-0.25, -0.2) is 0 Å². The predicted octanol–water partition coefficient (Wildman–Crippen LogP) is 1.81. The molecule has 1 heterocycles. The molecule has 0 radical (unpaired) electrons. The number of carbonyl (C=O) groups is 1. The molecular formula is C15H22N2O2. The topological polar surface area (TPSA) is 41.6 Å². The Morgan fingerprint density at radius 2 is 2.00 bits per heavy atom. The molecule has 4 heteroatoms. The van der Waals surface area contributed by atoms with E-state index in [1.54, 1.807) is 4.90 Å². The second kappa shape index (κ2) is 7.26. The first kappa shape index (κ1) is 14.0. The molecule has 1 aliphatic heterocycles. The Balaban J connectivity index is 1.86. The minimum Gasteiger partial charge on any atom is -0.368 e. The highest BCUT2D eigenvalue weighted by atomic mass is 16.5. The van der Waals surface area contributed by atoms with Crippen molar-refractivity contribution < 1.29 is 9.53 Å².